The number of rotatable bonds is 6. The maximum atomic E-state index is 12.7. The van der Waals surface area contributed by atoms with Gasteiger partial charge in [0, 0.05) is 5.69 Å². The van der Waals surface area contributed by atoms with Crippen molar-refractivity contribution in [3.63, 3.8) is 0 Å². The van der Waals surface area contributed by atoms with Gasteiger partial charge in [0.2, 0.25) is 0 Å². The number of anilines is 1. The number of unbranched alkanes of at least 4 members (excludes halogenated alkanes) is 1. The van der Waals surface area contributed by atoms with Crippen LogP contribution < -0.4 is 5.32 Å². The summed E-state index contributed by atoms with van der Waals surface area (Å²) in [4.78, 5) is 12.7. The number of nitrogens with one attached hydrogen (secondary N) is 1. The van der Waals surface area contributed by atoms with Crippen LogP contribution in [-0.2, 0) is 6.42 Å². The summed E-state index contributed by atoms with van der Waals surface area (Å²) in [5, 5.41) is 11.3. The molecule has 0 spiro atoms. The standard InChI is InChI=1S/C22H26N4O/c1-5-6-10-18-11-13-19(14-12-18)26-17(4)21(24-25-26)22(27)23-20-15(2)8-7-9-16(20)3/h7-9,11-14H,5-6,10H2,1-4H3,(H,23,27). The summed E-state index contributed by atoms with van der Waals surface area (Å²) >= 11 is 0. The number of benzene rings is 2. The van der Waals surface area contributed by atoms with Crippen LogP contribution >= 0.6 is 0 Å². The van der Waals surface area contributed by atoms with Crippen molar-refractivity contribution in [2.24, 2.45) is 0 Å². The van der Waals surface area contributed by atoms with Crippen molar-refractivity contribution in [1.82, 2.24) is 15.0 Å². The van der Waals surface area contributed by atoms with Crippen LogP contribution in [0.25, 0.3) is 5.69 Å². The molecule has 0 atom stereocenters. The van der Waals surface area contributed by atoms with E-state index in [0.717, 1.165) is 34.6 Å². The lowest BCUT2D eigenvalue weighted by atomic mass is 10.1. The molecule has 5 heteroatoms. The summed E-state index contributed by atoms with van der Waals surface area (Å²) in [6.07, 6.45) is 3.45. The van der Waals surface area contributed by atoms with Gasteiger partial charge in [0.1, 0.15) is 0 Å². The van der Waals surface area contributed by atoms with E-state index in [1.807, 2.05) is 51.1 Å². The van der Waals surface area contributed by atoms with Crippen LogP contribution in [0.3, 0.4) is 0 Å². The molecule has 1 amide bonds. The molecular formula is C22H26N4O. The Kier molecular flexibility index (Phi) is 5.69. The average Bonchev–Trinajstić information content (AvgIpc) is 3.05. The first-order valence-electron chi connectivity index (χ1n) is 9.40. The fraction of sp³-hybridized carbons (Fsp3) is 0.318. The first-order chi connectivity index (χ1) is 13.0. The smallest absolute Gasteiger partial charge is 0.278 e. The Morgan fingerprint density at radius 2 is 1.70 bits per heavy atom. The van der Waals surface area contributed by atoms with Crippen molar-refractivity contribution in [3.8, 4) is 5.69 Å². The summed E-state index contributed by atoms with van der Waals surface area (Å²) in [5.41, 5.74) is 6.16. The third kappa shape index (κ3) is 4.08. The van der Waals surface area contributed by atoms with Gasteiger partial charge in [0.05, 0.1) is 11.4 Å². The van der Waals surface area contributed by atoms with E-state index in [4.69, 9.17) is 0 Å². The lowest BCUT2D eigenvalue weighted by molar-refractivity contribution is 0.102. The van der Waals surface area contributed by atoms with E-state index in [0.29, 0.717) is 5.69 Å². The molecule has 3 rings (SSSR count). The Balaban J connectivity index is 1.81. The first-order valence-corrected chi connectivity index (χ1v) is 9.40. The highest BCUT2D eigenvalue weighted by atomic mass is 16.2. The number of nitrogens with zero attached hydrogens (tertiary/aromatic N) is 3. The van der Waals surface area contributed by atoms with Crippen LogP contribution in [0.4, 0.5) is 5.69 Å². The Bertz CT molecular complexity index is 921. The minimum Gasteiger partial charge on any atom is -0.320 e. The van der Waals surface area contributed by atoms with E-state index in [1.165, 1.54) is 18.4 Å². The summed E-state index contributed by atoms with van der Waals surface area (Å²) in [6.45, 7) is 8.02. The second-order valence-electron chi connectivity index (χ2n) is 6.93. The highest BCUT2D eigenvalue weighted by Crippen LogP contribution is 2.21. The van der Waals surface area contributed by atoms with Crippen molar-refractivity contribution in [2.75, 3.05) is 5.32 Å². The van der Waals surface area contributed by atoms with E-state index >= 15 is 0 Å². The molecule has 0 aliphatic carbocycles. The fourth-order valence-electron chi connectivity index (χ4n) is 3.15. The molecule has 27 heavy (non-hydrogen) atoms. The zero-order chi connectivity index (χ0) is 19.4. The second kappa shape index (κ2) is 8.16. The first kappa shape index (κ1) is 18.8. The molecule has 0 aliphatic heterocycles. The van der Waals surface area contributed by atoms with Gasteiger partial charge in [-0.3, -0.25) is 4.79 Å². The number of carbonyl (C=O) groups is 1. The molecule has 3 aromatic rings. The molecule has 0 saturated carbocycles. The van der Waals surface area contributed by atoms with E-state index < -0.39 is 0 Å². The van der Waals surface area contributed by atoms with E-state index in [1.54, 1.807) is 4.68 Å². The van der Waals surface area contributed by atoms with Crippen LogP contribution in [0.2, 0.25) is 0 Å². The Hall–Kier alpha value is -2.95. The number of amides is 1. The molecule has 0 unspecified atom stereocenters. The third-order valence-electron chi connectivity index (χ3n) is 4.83. The van der Waals surface area contributed by atoms with Gasteiger partial charge in [-0.25, -0.2) is 4.68 Å². The van der Waals surface area contributed by atoms with Gasteiger partial charge >= 0.3 is 0 Å². The van der Waals surface area contributed by atoms with Crippen molar-refractivity contribution >= 4 is 11.6 Å². The van der Waals surface area contributed by atoms with Gasteiger partial charge < -0.3 is 5.32 Å². The Labute approximate surface area is 160 Å². The van der Waals surface area contributed by atoms with E-state index in [-0.39, 0.29) is 5.91 Å². The molecule has 0 fully saturated rings. The highest BCUT2D eigenvalue weighted by Gasteiger charge is 2.18. The number of hydrogen-bond donors (Lipinski definition) is 1. The molecule has 5 nitrogen and oxygen atoms in total. The number of para-hydroxylation sites is 1. The fourth-order valence-corrected chi connectivity index (χ4v) is 3.15. The van der Waals surface area contributed by atoms with Crippen LogP contribution in [0, 0.1) is 20.8 Å². The summed E-state index contributed by atoms with van der Waals surface area (Å²) in [5.74, 6) is -0.240. The van der Waals surface area contributed by atoms with Crippen LogP contribution in [0.5, 0.6) is 0 Å². The van der Waals surface area contributed by atoms with Crippen LogP contribution in [0.1, 0.15) is 52.6 Å². The SMILES string of the molecule is CCCCc1ccc(-n2nnc(C(=O)Nc3c(C)cccc3C)c2C)cc1. The normalized spacial score (nSPS) is 10.8. The quantitative estimate of drug-likeness (QED) is 0.686. The van der Waals surface area contributed by atoms with Crippen LogP contribution in [0.15, 0.2) is 42.5 Å². The van der Waals surface area contributed by atoms with Gasteiger partial charge in [-0.2, -0.15) is 0 Å². The summed E-state index contributed by atoms with van der Waals surface area (Å²) < 4.78 is 1.71. The van der Waals surface area contributed by atoms with Gasteiger partial charge in [-0.15, -0.1) is 5.10 Å². The highest BCUT2D eigenvalue weighted by molar-refractivity contribution is 6.04. The molecular weight excluding hydrogens is 336 g/mol. The summed E-state index contributed by atoms with van der Waals surface area (Å²) in [6, 6.07) is 14.2. The number of aromatic nitrogens is 3. The second-order valence-corrected chi connectivity index (χ2v) is 6.93. The van der Waals surface area contributed by atoms with Crippen molar-refractivity contribution in [2.45, 2.75) is 47.0 Å². The molecule has 1 aromatic heterocycles. The topological polar surface area (TPSA) is 59.8 Å². The molecule has 0 radical (unpaired) electrons. The Morgan fingerprint density at radius 3 is 2.33 bits per heavy atom. The zero-order valence-corrected chi connectivity index (χ0v) is 16.4. The van der Waals surface area contributed by atoms with Crippen molar-refractivity contribution in [1.29, 1.82) is 0 Å². The number of aryl methyl sites for hydroxylation is 3. The predicted octanol–water partition coefficient (Wildman–Crippen LogP) is 4.79. The predicted molar refractivity (Wildman–Crippen MR) is 109 cm³/mol. The van der Waals surface area contributed by atoms with Gasteiger partial charge in [-0.1, -0.05) is 48.9 Å². The van der Waals surface area contributed by atoms with Crippen molar-refractivity contribution in [3.05, 3.63) is 70.5 Å². The van der Waals surface area contributed by atoms with Gasteiger partial charge in [-0.05, 0) is 62.4 Å². The van der Waals surface area contributed by atoms with Crippen molar-refractivity contribution < 1.29 is 4.79 Å². The minimum absolute atomic E-state index is 0.240. The number of hydrogen-bond acceptors (Lipinski definition) is 3. The molecule has 0 saturated heterocycles. The molecule has 0 bridgehead atoms. The maximum absolute atomic E-state index is 12.7. The molecule has 0 aliphatic rings. The lowest BCUT2D eigenvalue weighted by Gasteiger charge is -2.10. The van der Waals surface area contributed by atoms with E-state index in [2.05, 4.69) is 34.7 Å². The lowest BCUT2D eigenvalue weighted by Crippen LogP contribution is -2.15. The molecule has 2 aromatic carbocycles. The number of carbonyl (C=O) groups excluding carboxylic acids is 1. The maximum Gasteiger partial charge on any atom is 0.278 e. The van der Waals surface area contributed by atoms with Crippen LogP contribution in [-0.4, -0.2) is 20.9 Å². The third-order valence-corrected chi connectivity index (χ3v) is 4.83. The Morgan fingerprint density at radius 1 is 1.04 bits per heavy atom. The molecule has 1 heterocycles. The summed E-state index contributed by atoms with van der Waals surface area (Å²) in [7, 11) is 0. The zero-order valence-electron chi connectivity index (χ0n) is 16.4. The molecule has 140 valence electrons. The van der Waals surface area contributed by atoms with Gasteiger partial charge in [0.25, 0.3) is 5.91 Å². The minimum atomic E-state index is -0.240. The van der Waals surface area contributed by atoms with E-state index in [9.17, 15) is 4.79 Å². The largest absolute Gasteiger partial charge is 0.320 e. The average molecular weight is 362 g/mol. The monoisotopic (exact) mass is 362 g/mol. The molecule has 1 N–H and O–H groups in total. The van der Waals surface area contributed by atoms with Gasteiger partial charge in [0.15, 0.2) is 5.69 Å².